The Kier molecular flexibility index (Phi) is 6.37. The Balaban J connectivity index is 2.12. The molecule has 0 aliphatic heterocycles. The second-order valence-corrected chi connectivity index (χ2v) is 5.70. The summed E-state index contributed by atoms with van der Waals surface area (Å²) in [5.41, 5.74) is 7.56. The summed E-state index contributed by atoms with van der Waals surface area (Å²) in [4.78, 5) is 12.6. The van der Waals surface area contributed by atoms with Crippen molar-refractivity contribution in [2.24, 2.45) is 5.73 Å². The molecule has 0 spiro atoms. The summed E-state index contributed by atoms with van der Waals surface area (Å²) in [5, 5.41) is 7.41. The number of aromatic nitrogens is 2. The molecule has 2 rings (SSSR count). The minimum atomic E-state index is -0.155. The molecule has 3 N–H and O–H groups in total. The number of nitrogens with one attached hydrogen (secondary N) is 1. The highest BCUT2D eigenvalue weighted by molar-refractivity contribution is 6.03. The molecule has 0 bridgehead atoms. The summed E-state index contributed by atoms with van der Waals surface area (Å²) < 4.78 is 7.27. The van der Waals surface area contributed by atoms with Crippen molar-refractivity contribution < 1.29 is 9.53 Å². The molecule has 2 aromatic rings. The lowest BCUT2D eigenvalue weighted by atomic mass is 10.1. The average molecular weight is 330 g/mol. The Morgan fingerprint density at radius 2 is 1.96 bits per heavy atom. The lowest BCUT2D eigenvalue weighted by molar-refractivity contribution is 0.101. The van der Waals surface area contributed by atoms with E-state index in [0.29, 0.717) is 18.8 Å². The van der Waals surface area contributed by atoms with E-state index in [9.17, 15) is 4.79 Å². The molecule has 6 heteroatoms. The fourth-order valence-corrected chi connectivity index (χ4v) is 2.61. The molecular formula is C18H26N4O2. The van der Waals surface area contributed by atoms with Crippen LogP contribution in [0.4, 0.5) is 5.69 Å². The molecule has 0 atom stereocenters. The third-order valence-corrected chi connectivity index (χ3v) is 3.88. The molecular weight excluding hydrogens is 304 g/mol. The number of hydrogen-bond donors (Lipinski definition) is 2. The van der Waals surface area contributed by atoms with Crippen LogP contribution in [0.2, 0.25) is 0 Å². The number of carbonyl (C=O) groups excluding carboxylic acids is 1. The Hall–Kier alpha value is -2.34. The molecule has 0 unspecified atom stereocenters. The Bertz CT molecular complexity index is 660. The predicted octanol–water partition coefficient (Wildman–Crippen LogP) is 3.14. The number of anilines is 1. The molecule has 1 amide bonds. The number of rotatable bonds is 8. The van der Waals surface area contributed by atoms with Gasteiger partial charge in [0, 0.05) is 12.2 Å². The topological polar surface area (TPSA) is 82.2 Å². The van der Waals surface area contributed by atoms with Crippen molar-refractivity contribution in [2.75, 3.05) is 18.5 Å². The summed E-state index contributed by atoms with van der Waals surface area (Å²) in [6.45, 7) is 7.05. The summed E-state index contributed by atoms with van der Waals surface area (Å²) in [7, 11) is 0. The highest BCUT2D eigenvalue weighted by atomic mass is 16.5. The minimum absolute atomic E-state index is 0.155. The van der Waals surface area contributed by atoms with Crippen LogP contribution in [-0.2, 0) is 0 Å². The standard InChI is InChI=1S/C18H26N4O2/c1-4-15(5-2)22-17(12-13(3)21-22)18(23)20-14-6-8-16(9-7-14)24-11-10-19/h6-9,12,15H,4-5,10-11,19H2,1-3H3,(H,20,23). The van der Waals surface area contributed by atoms with E-state index in [1.807, 2.05) is 41.9 Å². The minimum Gasteiger partial charge on any atom is -0.492 e. The van der Waals surface area contributed by atoms with Gasteiger partial charge in [0.25, 0.3) is 5.91 Å². The second kappa shape index (κ2) is 8.49. The largest absolute Gasteiger partial charge is 0.492 e. The fourth-order valence-electron chi connectivity index (χ4n) is 2.61. The summed E-state index contributed by atoms with van der Waals surface area (Å²) in [6, 6.07) is 9.31. The molecule has 0 radical (unpaired) electrons. The van der Waals surface area contributed by atoms with E-state index in [2.05, 4.69) is 24.3 Å². The zero-order chi connectivity index (χ0) is 17.5. The van der Waals surface area contributed by atoms with E-state index in [4.69, 9.17) is 10.5 Å². The van der Waals surface area contributed by atoms with Gasteiger partial charge in [0.15, 0.2) is 0 Å². The SMILES string of the molecule is CCC(CC)n1nc(C)cc1C(=O)Nc1ccc(OCCN)cc1. The van der Waals surface area contributed by atoms with Crippen molar-refractivity contribution in [3.63, 3.8) is 0 Å². The zero-order valence-corrected chi connectivity index (χ0v) is 14.6. The van der Waals surface area contributed by atoms with Gasteiger partial charge in [-0.25, -0.2) is 0 Å². The lowest BCUT2D eigenvalue weighted by Crippen LogP contribution is -2.20. The van der Waals surface area contributed by atoms with Gasteiger partial charge in [-0.05, 0) is 50.1 Å². The highest BCUT2D eigenvalue weighted by Gasteiger charge is 2.18. The number of nitrogens with zero attached hydrogens (tertiary/aromatic N) is 2. The van der Waals surface area contributed by atoms with E-state index in [1.54, 1.807) is 0 Å². The average Bonchev–Trinajstić information content (AvgIpc) is 2.97. The number of nitrogens with two attached hydrogens (primary N) is 1. The number of aryl methyl sites for hydroxylation is 1. The monoisotopic (exact) mass is 330 g/mol. The van der Waals surface area contributed by atoms with Gasteiger partial charge >= 0.3 is 0 Å². The number of ether oxygens (including phenoxy) is 1. The molecule has 130 valence electrons. The molecule has 1 aromatic heterocycles. The van der Waals surface area contributed by atoms with Crippen molar-refractivity contribution in [3.8, 4) is 5.75 Å². The van der Waals surface area contributed by atoms with Crippen LogP contribution in [0.25, 0.3) is 0 Å². The second-order valence-electron chi connectivity index (χ2n) is 5.70. The summed E-state index contributed by atoms with van der Waals surface area (Å²) >= 11 is 0. The van der Waals surface area contributed by atoms with E-state index in [1.165, 1.54) is 0 Å². The van der Waals surface area contributed by atoms with Crippen LogP contribution >= 0.6 is 0 Å². The third-order valence-electron chi connectivity index (χ3n) is 3.88. The van der Waals surface area contributed by atoms with Crippen LogP contribution < -0.4 is 15.8 Å². The number of hydrogen-bond acceptors (Lipinski definition) is 4. The van der Waals surface area contributed by atoms with Gasteiger partial charge in [0.1, 0.15) is 18.1 Å². The summed E-state index contributed by atoms with van der Waals surface area (Å²) in [6.07, 6.45) is 1.87. The maximum atomic E-state index is 12.6. The van der Waals surface area contributed by atoms with Crippen LogP contribution in [0.15, 0.2) is 30.3 Å². The molecule has 0 saturated heterocycles. The van der Waals surface area contributed by atoms with Crippen molar-refractivity contribution in [1.29, 1.82) is 0 Å². The van der Waals surface area contributed by atoms with Gasteiger partial charge in [-0.15, -0.1) is 0 Å². The first-order chi connectivity index (χ1) is 11.6. The van der Waals surface area contributed by atoms with E-state index >= 15 is 0 Å². The van der Waals surface area contributed by atoms with Crippen LogP contribution in [0.5, 0.6) is 5.75 Å². The first-order valence-corrected chi connectivity index (χ1v) is 8.39. The lowest BCUT2D eigenvalue weighted by Gasteiger charge is -2.16. The van der Waals surface area contributed by atoms with Gasteiger partial charge in [0.2, 0.25) is 0 Å². The Morgan fingerprint density at radius 3 is 2.54 bits per heavy atom. The maximum Gasteiger partial charge on any atom is 0.273 e. The molecule has 0 fully saturated rings. The van der Waals surface area contributed by atoms with Crippen LogP contribution in [0.3, 0.4) is 0 Å². The molecule has 1 aromatic carbocycles. The van der Waals surface area contributed by atoms with E-state index < -0.39 is 0 Å². The quantitative estimate of drug-likeness (QED) is 0.779. The molecule has 0 aliphatic carbocycles. The highest BCUT2D eigenvalue weighted by Crippen LogP contribution is 2.20. The van der Waals surface area contributed by atoms with Gasteiger partial charge in [0.05, 0.1) is 11.7 Å². The third kappa shape index (κ3) is 4.35. The first-order valence-electron chi connectivity index (χ1n) is 8.39. The predicted molar refractivity (Wildman–Crippen MR) is 95.5 cm³/mol. The zero-order valence-electron chi connectivity index (χ0n) is 14.6. The van der Waals surface area contributed by atoms with Gasteiger partial charge in [-0.3, -0.25) is 9.48 Å². The molecule has 24 heavy (non-hydrogen) atoms. The van der Waals surface area contributed by atoms with E-state index in [-0.39, 0.29) is 11.9 Å². The van der Waals surface area contributed by atoms with Crippen LogP contribution in [0, 0.1) is 6.92 Å². The van der Waals surface area contributed by atoms with Crippen LogP contribution in [-0.4, -0.2) is 28.8 Å². The van der Waals surface area contributed by atoms with Crippen LogP contribution in [0.1, 0.15) is 48.9 Å². The smallest absolute Gasteiger partial charge is 0.273 e. The number of benzene rings is 1. The van der Waals surface area contributed by atoms with Gasteiger partial charge < -0.3 is 15.8 Å². The molecule has 0 saturated carbocycles. The normalized spacial score (nSPS) is 10.9. The van der Waals surface area contributed by atoms with Crippen molar-refractivity contribution >= 4 is 11.6 Å². The molecule has 0 aliphatic rings. The van der Waals surface area contributed by atoms with Crippen molar-refractivity contribution in [3.05, 3.63) is 41.7 Å². The molecule has 6 nitrogen and oxygen atoms in total. The van der Waals surface area contributed by atoms with Crippen molar-refractivity contribution in [1.82, 2.24) is 9.78 Å². The van der Waals surface area contributed by atoms with Crippen molar-refractivity contribution in [2.45, 2.75) is 39.7 Å². The Morgan fingerprint density at radius 1 is 1.29 bits per heavy atom. The molecule has 1 heterocycles. The van der Waals surface area contributed by atoms with Gasteiger partial charge in [-0.1, -0.05) is 13.8 Å². The van der Waals surface area contributed by atoms with E-state index in [0.717, 1.165) is 30.0 Å². The first kappa shape index (κ1) is 18.0. The Labute approximate surface area is 143 Å². The fraction of sp³-hybridized carbons (Fsp3) is 0.444. The van der Waals surface area contributed by atoms with Gasteiger partial charge in [-0.2, -0.15) is 5.10 Å². The summed E-state index contributed by atoms with van der Waals surface area (Å²) in [5.74, 6) is 0.578. The number of amides is 1. The maximum absolute atomic E-state index is 12.6. The number of carbonyl (C=O) groups is 1.